The molecule has 0 bridgehead atoms. The summed E-state index contributed by atoms with van der Waals surface area (Å²) in [6, 6.07) is 1.48. The van der Waals surface area contributed by atoms with Crippen LogP contribution in [-0.4, -0.2) is 13.8 Å². The van der Waals surface area contributed by atoms with Crippen LogP contribution in [0, 0.1) is 0 Å². The van der Waals surface area contributed by atoms with Crippen molar-refractivity contribution in [3.05, 3.63) is 12.2 Å². The molecule has 0 unspecified atom stereocenters. The highest BCUT2D eigenvalue weighted by molar-refractivity contribution is 14.4. The van der Waals surface area contributed by atoms with Crippen LogP contribution in [0.15, 0.2) is 12.2 Å². The zero-order valence-corrected chi connectivity index (χ0v) is 23.0. The first-order valence-corrected chi connectivity index (χ1v) is 21.3. The molecule has 144 valence electrons. The highest BCUT2D eigenvalue weighted by Gasteiger charge is 2.19. The van der Waals surface area contributed by atoms with Crippen molar-refractivity contribution in [2.24, 2.45) is 0 Å². The van der Waals surface area contributed by atoms with Crippen molar-refractivity contribution in [3.63, 3.8) is 0 Å². The molecule has 0 amide bonds. The summed E-state index contributed by atoms with van der Waals surface area (Å²) in [4.78, 5) is 0. The molecule has 0 atom stereocenters. The Bertz CT molecular complexity index is 293. The van der Waals surface area contributed by atoms with Crippen LogP contribution in [0.2, 0.25) is 6.04 Å². The number of hydrogen-bond donors (Lipinski definition) is 0. The van der Waals surface area contributed by atoms with Gasteiger partial charge in [-0.05, 0) is 19.4 Å². The second-order valence-electron chi connectivity index (χ2n) is 6.97. The molecular formula is C19H37I3OSi. The second kappa shape index (κ2) is 18.5. The van der Waals surface area contributed by atoms with Crippen molar-refractivity contribution in [1.29, 1.82) is 0 Å². The van der Waals surface area contributed by atoms with Gasteiger partial charge < -0.3 is 4.74 Å². The molecule has 0 spiro atoms. The highest BCUT2D eigenvalue weighted by Crippen LogP contribution is 2.35. The molecule has 0 rings (SSSR count). The van der Waals surface area contributed by atoms with Gasteiger partial charge >= 0.3 is 0 Å². The van der Waals surface area contributed by atoms with Gasteiger partial charge in [-0.25, -0.2) is 0 Å². The monoisotopic (exact) mass is 690 g/mol. The Hall–Kier alpha value is 2.11. The van der Waals surface area contributed by atoms with E-state index in [1.807, 2.05) is 6.92 Å². The summed E-state index contributed by atoms with van der Waals surface area (Å²) in [5.41, 5.74) is 1.13. The van der Waals surface area contributed by atoms with Gasteiger partial charge in [0.15, 0.2) is 0 Å². The van der Waals surface area contributed by atoms with Gasteiger partial charge in [0.25, 0.3) is 0.564 Å². The maximum Gasteiger partial charge on any atom is 0.253 e. The predicted octanol–water partition coefficient (Wildman–Crippen LogP) is 8.89. The number of hydrogen-bond acceptors (Lipinski definition) is 1. The number of rotatable bonds is 18. The molecule has 0 N–H and O–H groups in total. The summed E-state index contributed by atoms with van der Waals surface area (Å²) in [5.74, 6) is 0. The average Bonchev–Trinajstić information content (AvgIpc) is 2.49. The molecule has 0 heterocycles. The number of halogens is 3. The largest absolute Gasteiger partial charge is 0.377 e. The van der Waals surface area contributed by atoms with E-state index in [1.165, 1.54) is 89.5 Å². The molecule has 0 aromatic carbocycles. The van der Waals surface area contributed by atoms with Crippen LogP contribution >= 0.6 is 65.4 Å². The fourth-order valence-corrected chi connectivity index (χ4v) is 6.80. The SMILES string of the molecule is C=C(C)COCCCCCCCCCCCCCCC[Si](I)(I)I. The Morgan fingerprint density at radius 3 is 1.46 bits per heavy atom. The lowest BCUT2D eigenvalue weighted by Gasteiger charge is -2.08. The minimum Gasteiger partial charge on any atom is -0.377 e. The van der Waals surface area contributed by atoms with E-state index in [9.17, 15) is 0 Å². The smallest absolute Gasteiger partial charge is 0.253 e. The third-order valence-corrected chi connectivity index (χ3v) is 9.87. The number of unbranched alkanes of at least 4 members (excludes halogenated alkanes) is 12. The Kier molecular flexibility index (Phi) is 20.1. The minimum atomic E-state index is -0.869. The second-order valence-corrected chi connectivity index (χ2v) is 43.9. The summed E-state index contributed by atoms with van der Waals surface area (Å²) in [5, 5.41) is 0. The van der Waals surface area contributed by atoms with E-state index in [4.69, 9.17) is 4.74 Å². The molecule has 0 saturated heterocycles. The Morgan fingerprint density at radius 2 is 1.08 bits per heavy atom. The highest BCUT2D eigenvalue weighted by atomic mass is 127. The van der Waals surface area contributed by atoms with Crippen molar-refractivity contribution in [1.82, 2.24) is 0 Å². The van der Waals surface area contributed by atoms with Crippen molar-refractivity contribution in [2.45, 2.75) is 96.4 Å². The summed E-state index contributed by atoms with van der Waals surface area (Å²) < 4.78 is 4.65. The fraction of sp³-hybridized carbons (Fsp3) is 0.895. The molecule has 0 fully saturated rings. The summed E-state index contributed by atoms with van der Waals surface area (Å²) >= 11 is 8.05. The molecule has 0 aromatic rings. The normalized spacial score (nSPS) is 11.8. The van der Waals surface area contributed by atoms with Crippen LogP contribution < -0.4 is 0 Å². The van der Waals surface area contributed by atoms with Gasteiger partial charge in [0.1, 0.15) is 0 Å². The standard InChI is InChI=1S/C19H37I3OSi/c1-19(2)18-23-16-14-12-10-8-6-4-3-5-7-9-11-13-15-17-24(20,21)22/h1,3-18H2,2H3. The van der Waals surface area contributed by atoms with Gasteiger partial charge in [0, 0.05) is 6.61 Å². The molecule has 5 heteroatoms. The molecule has 0 aliphatic carbocycles. The lowest BCUT2D eigenvalue weighted by atomic mass is 10.0. The van der Waals surface area contributed by atoms with Crippen LogP contribution in [-0.2, 0) is 4.74 Å². The fourth-order valence-electron chi connectivity index (χ4n) is 2.72. The zero-order valence-electron chi connectivity index (χ0n) is 15.6. The van der Waals surface area contributed by atoms with E-state index in [0.29, 0.717) is 0 Å². The van der Waals surface area contributed by atoms with E-state index < -0.39 is 0.564 Å². The van der Waals surface area contributed by atoms with Crippen molar-refractivity contribution >= 4 is 66.0 Å². The van der Waals surface area contributed by atoms with Gasteiger partial charge in [0.05, 0.1) is 6.61 Å². The average molecular weight is 690 g/mol. The Labute approximate surface area is 190 Å². The maximum absolute atomic E-state index is 5.52. The zero-order chi connectivity index (χ0) is 18.1. The molecule has 0 aliphatic heterocycles. The molecule has 0 radical (unpaired) electrons. The van der Waals surface area contributed by atoms with Crippen LogP contribution in [0.1, 0.15) is 90.4 Å². The van der Waals surface area contributed by atoms with Gasteiger partial charge in [-0.1, -0.05) is 155 Å². The Balaban J connectivity index is 3.04. The lowest BCUT2D eigenvalue weighted by molar-refractivity contribution is 0.151. The first-order chi connectivity index (χ1) is 11.4. The van der Waals surface area contributed by atoms with Crippen molar-refractivity contribution < 1.29 is 4.74 Å². The molecular weight excluding hydrogens is 653 g/mol. The van der Waals surface area contributed by atoms with Gasteiger partial charge in [-0.3, -0.25) is 0 Å². The predicted molar refractivity (Wildman–Crippen MR) is 138 cm³/mol. The van der Waals surface area contributed by atoms with E-state index in [-0.39, 0.29) is 0 Å². The maximum atomic E-state index is 5.52. The quantitative estimate of drug-likeness (QED) is 0.0459. The van der Waals surface area contributed by atoms with Gasteiger partial charge in [-0.15, -0.1) is 0 Å². The van der Waals surface area contributed by atoms with E-state index >= 15 is 0 Å². The van der Waals surface area contributed by atoms with Crippen molar-refractivity contribution in [2.75, 3.05) is 13.2 Å². The first kappa shape index (κ1) is 26.1. The van der Waals surface area contributed by atoms with Crippen LogP contribution in [0.5, 0.6) is 0 Å². The van der Waals surface area contributed by atoms with E-state index in [2.05, 4.69) is 72.0 Å². The third-order valence-electron chi connectivity index (χ3n) is 4.10. The summed E-state index contributed by atoms with van der Waals surface area (Å²) in [6.07, 6.45) is 18.4. The summed E-state index contributed by atoms with van der Waals surface area (Å²) in [6.45, 7) is 7.51. The minimum absolute atomic E-state index is 0.733. The van der Waals surface area contributed by atoms with Crippen LogP contribution in [0.25, 0.3) is 0 Å². The molecule has 0 aliphatic rings. The topological polar surface area (TPSA) is 9.23 Å². The van der Waals surface area contributed by atoms with E-state index in [0.717, 1.165) is 18.8 Å². The lowest BCUT2D eigenvalue weighted by Crippen LogP contribution is -2.03. The summed E-state index contributed by atoms with van der Waals surface area (Å²) in [7, 11) is 0. The molecule has 24 heavy (non-hydrogen) atoms. The molecule has 0 saturated carbocycles. The van der Waals surface area contributed by atoms with E-state index in [1.54, 1.807) is 0 Å². The third kappa shape index (κ3) is 24.1. The van der Waals surface area contributed by atoms with Crippen LogP contribution in [0.3, 0.4) is 0 Å². The molecule has 0 aromatic heterocycles. The molecule has 1 nitrogen and oxygen atoms in total. The van der Waals surface area contributed by atoms with Crippen LogP contribution in [0.4, 0.5) is 0 Å². The van der Waals surface area contributed by atoms with Crippen molar-refractivity contribution in [3.8, 4) is 0 Å². The van der Waals surface area contributed by atoms with Gasteiger partial charge in [-0.2, -0.15) is 0 Å². The first-order valence-electron chi connectivity index (χ1n) is 9.70. The number of ether oxygens (including phenoxy) is 1. The van der Waals surface area contributed by atoms with Gasteiger partial charge in [0.2, 0.25) is 0 Å². The Morgan fingerprint density at radius 1 is 0.708 bits per heavy atom.